The maximum Gasteiger partial charge on any atom is 0.242 e. The lowest BCUT2D eigenvalue weighted by molar-refractivity contribution is 0.553. The fourth-order valence-electron chi connectivity index (χ4n) is 1.70. The van der Waals surface area contributed by atoms with Gasteiger partial charge in [-0.1, -0.05) is 6.92 Å². The molecular formula is C12H23N3O2S. The zero-order valence-electron chi connectivity index (χ0n) is 11.5. The number of sulfonamides is 1. The van der Waals surface area contributed by atoms with Crippen molar-refractivity contribution in [3.63, 3.8) is 0 Å². The molecule has 1 unspecified atom stereocenters. The minimum atomic E-state index is -3.44. The van der Waals surface area contributed by atoms with E-state index in [1.165, 1.54) is 0 Å². The van der Waals surface area contributed by atoms with Crippen molar-refractivity contribution in [3.8, 4) is 0 Å². The summed E-state index contributed by atoms with van der Waals surface area (Å²) in [6.07, 6.45) is 2.41. The maximum atomic E-state index is 12.1. The van der Waals surface area contributed by atoms with E-state index in [4.69, 9.17) is 5.73 Å². The number of hydrogen-bond acceptors (Lipinski definition) is 3. The minimum absolute atomic E-state index is 0.0706. The van der Waals surface area contributed by atoms with Gasteiger partial charge in [-0.05, 0) is 33.3 Å². The van der Waals surface area contributed by atoms with Crippen molar-refractivity contribution >= 4 is 10.0 Å². The van der Waals surface area contributed by atoms with E-state index in [1.54, 1.807) is 12.3 Å². The summed E-state index contributed by atoms with van der Waals surface area (Å²) >= 11 is 0. The van der Waals surface area contributed by atoms with Crippen LogP contribution in [0.4, 0.5) is 0 Å². The number of hydrogen-bond donors (Lipinski definition) is 2. The van der Waals surface area contributed by atoms with Crippen LogP contribution >= 0.6 is 0 Å². The predicted octanol–water partition coefficient (Wildman–Crippen LogP) is 1.60. The molecule has 0 bridgehead atoms. The predicted molar refractivity (Wildman–Crippen MR) is 72.8 cm³/mol. The van der Waals surface area contributed by atoms with Crippen LogP contribution in [0.1, 0.15) is 45.9 Å². The summed E-state index contributed by atoms with van der Waals surface area (Å²) in [6.45, 7) is 8.12. The van der Waals surface area contributed by atoms with Crippen molar-refractivity contribution in [1.82, 2.24) is 9.29 Å². The zero-order chi connectivity index (χ0) is 13.9. The molecular weight excluding hydrogens is 250 g/mol. The van der Waals surface area contributed by atoms with Gasteiger partial charge in [-0.25, -0.2) is 13.1 Å². The number of aromatic nitrogens is 1. The SMILES string of the molecule is CCC(C)NS(=O)(=O)c1cc(CN)n(C(C)C)c1. The molecule has 1 aromatic rings. The molecule has 18 heavy (non-hydrogen) atoms. The van der Waals surface area contributed by atoms with Crippen molar-refractivity contribution in [1.29, 1.82) is 0 Å². The van der Waals surface area contributed by atoms with E-state index in [0.29, 0.717) is 6.54 Å². The lowest BCUT2D eigenvalue weighted by atomic mass is 10.3. The molecule has 0 amide bonds. The first-order valence-electron chi connectivity index (χ1n) is 6.25. The van der Waals surface area contributed by atoms with Crippen molar-refractivity contribution in [2.45, 2.75) is 57.6 Å². The Morgan fingerprint density at radius 2 is 2.00 bits per heavy atom. The summed E-state index contributed by atoms with van der Waals surface area (Å²) in [5, 5.41) is 0. The second kappa shape index (κ2) is 5.86. The molecule has 0 radical (unpaired) electrons. The fraction of sp³-hybridized carbons (Fsp3) is 0.667. The molecule has 0 saturated carbocycles. The van der Waals surface area contributed by atoms with Gasteiger partial charge in [-0.3, -0.25) is 0 Å². The molecule has 1 heterocycles. The maximum absolute atomic E-state index is 12.1. The first kappa shape index (κ1) is 15.2. The highest BCUT2D eigenvalue weighted by atomic mass is 32.2. The Morgan fingerprint density at radius 1 is 1.39 bits per heavy atom. The standard InChI is InChI=1S/C12H23N3O2S/c1-5-10(4)14-18(16,17)12-6-11(7-13)15(8-12)9(2)3/h6,8-10,14H,5,7,13H2,1-4H3. The van der Waals surface area contributed by atoms with Crippen LogP contribution in [0.3, 0.4) is 0 Å². The summed E-state index contributed by atoms with van der Waals surface area (Å²) in [6, 6.07) is 1.76. The van der Waals surface area contributed by atoms with Gasteiger partial charge in [0.15, 0.2) is 0 Å². The molecule has 0 aliphatic carbocycles. The highest BCUT2D eigenvalue weighted by Crippen LogP contribution is 2.19. The van der Waals surface area contributed by atoms with Gasteiger partial charge in [0.05, 0.1) is 4.90 Å². The summed E-state index contributed by atoms with van der Waals surface area (Å²) in [7, 11) is -3.44. The quantitative estimate of drug-likeness (QED) is 0.826. The second-order valence-corrected chi connectivity index (χ2v) is 6.52. The average Bonchev–Trinajstić information content (AvgIpc) is 2.73. The van der Waals surface area contributed by atoms with Gasteiger partial charge in [0.2, 0.25) is 10.0 Å². The molecule has 0 aliphatic heterocycles. The highest BCUT2D eigenvalue weighted by Gasteiger charge is 2.20. The minimum Gasteiger partial charge on any atom is -0.346 e. The molecule has 5 nitrogen and oxygen atoms in total. The number of rotatable bonds is 6. The smallest absolute Gasteiger partial charge is 0.242 e. The monoisotopic (exact) mass is 273 g/mol. The van der Waals surface area contributed by atoms with E-state index in [2.05, 4.69) is 4.72 Å². The van der Waals surface area contributed by atoms with Gasteiger partial charge in [0.1, 0.15) is 0 Å². The van der Waals surface area contributed by atoms with Crippen molar-refractivity contribution < 1.29 is 8.42 Å². The van der Waals surface area contributed by atoms with Crippen LogP contribution < -0.4 is 10.5 Å². The van der Waals surface area contributed by atoms with Crippen LogP contribution in [0.25, 0.3) is 0 Å². The Balaban J connectivity index is 3.10. The summed E-state index contributed by atoms with van der Waals surface area (Å²) in [4.78, 5) is 0.289. The Kier molecular flexibility index (Phi) is 4.95. The van der Waals surface area contributed by atoms with E-state index in [-0.39, 0.29) is 17.0 Å². The second-order valence-electron chi connectivity index (χ2n) is 4.80. The van der Waals surface area contributed by atoms with E-state index in [1.807, 2.05) is 32.3 Å². The molecule has 104 valence electrons. The fourth-order valence-corrected chi connectivity index (χ4v) is 3.08. The van der Waals surface area contributed by atoms with Gasteiger partial charge in [0.25, 0.3) is 0 Å². The van der Waals surface area contributed by atoms with E-state index < -0.39 is 10.0 Å². The molecule has 1 atom stereocenters. The van der Waals surface area contributed by atoms with Crippen molar-refractivity contribution in [2.75, 3.05) is 0 Å². The molecule has 0 aromatic carbocycles. The van der Waals surface area contributed by atoms with Gasteiger partial charge in [-0.15, -0.1) is 0 Å². The molecule has 1 rings (SSSR count). The molecule has 0 aliphatic rings. The average molecular weight is 273 g/mol. The molecule has 0 spiro atoms. The van der Waals surface area contributed by atoms with Crippen LogP contribution in [0.15, 0.2) is 17.2 Å². The third kappa shape index (κ3) is 3.34. The van der Waals surface area contributed by atoms with Crippen molar-refractivity contribution in [3.05, 3.63) is 18.0 Å². The largest absolute Gasteiger partial charge is 0.346 e. The molecule has 0 fully saturated rings. The number of nitrogens with one attached hydrogen (secondary N) is 1. The van der Waals surface area contributed by atoms with Gasteiger partial charge in [0, 0.05) is 30.5 Å². The van der Waals surface area contributed by atoms with Crippen LogP contribution in [0, 0.1) is 0 Å². The topological polar surface area (TPSA) is 77.1 Å². The Morgan fingerprint density at radius 3 is 2.39 bits per heavy atom. The van der Waals surface area contributed by atoms with Gasteiger partial charge in [-0.2, -0.15) is 0 Å². The summed E-state index contributed by atoms with van der Waals surface area (Å²) in [5.74, 6) is 0. The van der Waals surface area contributed by atoms with E-state index in [0.717, 1.165) is 12.1 Å². The molecule has 0 saturated heterocycles. The summed E-state index contributed by atoms with van der Waals surface area (Å²) < 4.78 is 28.8. The third-order valence-electron chi connectivity index (χ3n) is 2.95. The Hall–Kier alpha value is -0.850. The normalized spacial score (nSPS) is 14.1. The van der Waals surface area contributed by atoms with Crippen LogP contribution in [0.5, 0.6) is 0 Å². The van der Waals surface area contributed by atoms with Crippen LogP contribution in [0.2, 0.25) is 0 Å². The van der Waals surface area contributed by atoms with E-state index in [9.17, 15) is 8.42 Å². The lowest BCUT2D eigenvalue weighted by Crippen LogP contribution is -2.31. The zero-order valence-corrected chi connectivity index (χ0v) is 12.3. The first-order chi connectivity index (χ1) is 8.31. The molecule has 6 heteroatoms. The molecule has 3 N–H and O–H groups in total. The van der Waals surface area contributed by atoms with Crippen LogP contribution in [-0.4, -0.2) is 19.0 Å². The molecule has 1 aromatic heterocycles. The number of nitrogens with zero attached hydrogens (tertiary/aromatic N) is 1. The van der Waals surface area contributed by atoms with E-state index >= 15 is 0 Å². The van der Waals surface area contributed by atoms with Crippen molar-refractivity contribution in [2.24, 2.45) is 5.73 Å². The highest BCUT2D eigenvalue weighted by molar-refractivity contribution is 7.89. The first-order valence-corrected chi connectivity index (χ1v) is 7.73. The van der Waals surface area contributed by atoms with Crippen LogP contribution in [-0.2, 0) is 16.6 Å². The Labute approximate surface area is 109 Å². The van der Waals surface area contributed by atoms with Gasteiger partial charge < -0.3 is 10.3 Å². The Bertz CT molecular complexity index is 491. The lowest BCUT2D eigenvalue weighted by Gasteiger charge is -2.11. The third-order valence-corrected chi connectivity index (χ3v) is 4.51. The summed E-state index contributed by atoms with van der Waals surface area (Å²) in [5.41, 5.74) is 6.46. The number of nitrogens with two attached hydrogens (primary N) is 1. The van der Waals surface area contributed by atoms with Gasteiger partial charge >= 0.3 is 0 Å².